The Labute approximate surface area is 123 Å². The van der Waals surface area contributed by atoms with Gasteiger partial charge in [0.2, 0.25) is 0 Å². The average Bonchev–Trinajstić information content (AvgIpc) is 2.52. The summed E-state index contributed by atoms with van der Waals surface area (Å²) in [7, 11) is 0. The van der Waals surface area contributed by atoms with Crippen molar-refractivity contribution < 1.29 is 4.74 Å². The SMILES string of the molecule is CCCOc1ccc(CCC2CC(CC)CCN2)cc1. The van der Waals surface area contributed by atoms with Gasteiger partial charge in [0.05, 0.1) is 6.61 Å². The minimum absolute atomic E-state index is 0.713. The number of ether oxygens (including phenoxy) is 1. The van der Waals surface area contributed by atoms with E-state index in [9.17, 15) is 0 Å². The molecular weight excluding hydrogens is 246 g/mol. The van der Waals surface area contributed by atoms with Crippen LogP contribution in [0.1, 0.15) is 51.5 Å². The molecule has 20 heavy (non-hydrogen) atoms. The largest absolute Gasteiger partial charge is 0.494 e. The molecule has 0 aromatic heterocycles. The third-order valence-corrected chi connectivity index (χ3v) is 4.36. The predicted octanol–water partition coefficient (Wildman–Crippen LogP) is 4.19. The number of hydrogen-bond acceptors (Lipinski definition) is 2. The Morgan fingerprint density at radius 3 is 2.70 bits per heavy atom. The molecule has 1 saturated heterocycles. The van der Waals surface area contributed by atoms with Gasteiger partial charge in [0.25, 0.3) is 0 Å². The fourth-order valence-electron chi connectivity index (χ4n) is 3.00. The third-order valence-electron chi connectivity index (χ3n) is 4.36. The summed E-state index contributed by atoms with van der Waals surface area (Å²) in [6.07, 6.45) is 7.54. The average molecular weight is 275 g/mol. The van der Waals surface area contributed by atoms with Crippen molar-refractivity contribution in [2.45, 2.75) is 58.4 Å². The Morgan fingerprint density at radius 2 is 2.00 bits per heavy atom. The minimum atomic E-state index is 0.713. The second-order valence-electron chi connectivity index (χ2n) is 5.98. The molecule has 2 rings (SSSR count). The van der Waals surface area contributed by atoms with Gasteiger partial charge in [0.15, 0.2) is 0 Å². The van der Waals surface area contributed by atoms with Crippen LogP contribution >= 0.6 is 0 Å². The quantitative estimate of drug-likeness (QED) is 0.806. The van der Waals surface area contributed by atoms with E-state index in [0.29, 0.717) is 6.04 Å². The predicted molar refractivity (Wildman–Crippen MR) is 85.4 cm³/mol. The van der Waals surface area contributed by atoms with Gasteiger partial charge in [-0.15, -0.1) is 0 Å². The second kappa shape index (κ2) is 8.31. The number of piperidine rings is 1. The first-order valence-electron chi connectivity index (χ1n) is 8.27. The Morgan fingerprint density at radius 1 is 1.20 bits per heavy atom. The second-order valence-corrected chi connectivity index (χ2v) is 5.98. The van der Waals surface area contributed by atoms with E-state index < -0.39 is 0 Å². The van der Waals surface area contributed by atoms with Gasteiger partial charge < -0.3 is 10.1 Å². The molecule has 0 radical (unpaired) electrons. The van der Waals surface area contributed by atoms with Crippen LogP contribution in [0.5, 0.6) is 5.75 Å². The molecule has 0 amide bonds. The van der Waals surface area contributed by atoms with E-state index in [0.717, 1.165) is 24.7 Å². The molecule has 0 saturated carbocycles. The molecule has 0 aliphatic carbocycles. The standard InChI is InChI=1S/C18H29NO/c1-3-13-20-18-9-6-16(7-10-18)5-8-17-14-15(4-2)11-12-19-17/h6-7,9-10,15,17,19H,3-5,8,11-14H2,1-2H3. The monoisotopic (exact) mass is 275 g/mol. The lowest BCUT2D eigenvalue weighted by molar-refractivity contribution is 0.285. The third kappa shape index (κ3) is 4.82. The molecule has 1 aromatic carbocycles. The molecule has 1 aliphatic heterocycles. The number of nitrogens with one attached hydrogen (secondary N) is 1. The summed E-state index contributed by atoms with van der Waals surface area (Å²) >= 11 is 0. The number of aryl methyl sites for hydroxylation is 1. The highest BCUT2D eigenvalue weighted by molar-refractivity contribution is 5.27. The highest BCUT2D eigenvalue weighted by Gasteiger charge is 2.19. The van der Waals surface area contributed by atoms with Gasteiger partial charge in [-0.25, -0.2) is 0 Å². The molecule has 1 aliphatic rings. The molecule has 2 heteroatoms. The lowest BCUT2D eigenvalue weighted by atomic mass is 9.88. The van der Waals surface area contributed by atoms with Crippen LogP contribution in [0.4, 0.5) is 0 Å². The summed E-state index contributed by atoms with van der Waals surface area (Å²) in [6, 6.07) is 9.35. The van der Waals surface area contributed by atoms with Crippen molar-refractivity contribution in [1.82, 2.24) is 5.32 Å². The van der Waals surface area contributed by atoms with E-state index in [1.54, 1.807) is 0 Å². The Hall–Kier alpha value is -1.02. The highest BCUT2D eigenvalue weighted by atomic mass is 16.5. The maximum Gasteiger partial charge on any atom is 0.119 e. The molecule has 1 fully saturated rings. The maximum absolute atomic E-state index is 5.62. The van der Waals surface area contributed by atoms with E-state index in [-0.39, 0.29) is 0 Å². The minimum Gasteiger partial charge on any atom is -0.494 e. The summed E-state index contributed by atoms with van der Waals surface area (Å²) in [6.45, 7) is 6.47. The van der Waals surface area contributed by atoms with Gasteiger partial charge in [0, 0.05) is 6.04 Å². The van der Waals surface area contributed by atoms with Gasteiger partial charge in [-0.2, -0.15) is 0 Å². The smallest absolute Gasteiger partial charge is 0.119 e. The highest BCUT2D eigenvalue weighted by Crippen LogP contribution is 2.22. The van der Waals surface area contributed by atoms with E-state index >= 15 is 0 Å². The van der Waals surface area contributed by atoms with Crippen molar-refractivity contribution in [3.05, 3.63) is 29.8 Å². The molecular formula is C18H29NO. The molecule has 0 spiro atoms. The lowest BCUT2D eigenvalue weighted by Crippen LogP contribution is -2.38. The summed E-state index contributed by atoms with van der Waals surface area (Å²) in [5.41, 5.74) is 1.43. The Bertz CT molecular complexity index is 374. The number of rotatable bonds is 7. The fourth-order valence-corrected chi connectivity index (χ4v) is 3.00. The van der Waals surface area contributed by atoms with Crippen LogP contribution in [0.3, 0.4) is 0 Å². The first-order chi connectivity index (χ1) is 9.81. The zero-order chi connectivity index (χ0) is 14.2. The summed E-state index contributed by atoms with van der Waals surface area (Å²) in [4.78, 5) is 0. The topological polar surface area (TPSA) is 21.3 Å². The molecule has 2 unspecified atom stereocenters. The van der Waals surface area contributed by atoms with E-state index in [2.05, 4.69) is 43.4 Å². The number of benzene rings is 1. The zero-order valence-corrected chi connectivity index (χ0v) is 13.0. The van der Waals surface area contributed by atoms with Gasteiger partial charge in [0.1, 0.15) is 5.75 Å². The van der Waals surface area contributed by atoms with E-state index in [4.69, 9.17) is 4.74 Å². The maximum atomic E-state index is 5.62. The zero-order valence-electron chi connectivity index (χ0n) is 13.0. The first-order valence-corrected chi connectivity index (χ1v) is 8.27. The van der Waals surface area contributed by atoms with Crippen molar-refractivity contribution in [3.63, 3.8) is 0 Å². The van der Waals surface area contributed by atoms with Gasteiger partial charge >= 0.3 is 0 Å². The molecule has 2 atom stereocenters. The normalized spacial score (nSPS) is 22.7. The summed E-state index contributed by atoms with van der Waals surface area (Å²) in [5.74, 6) is 1.93. The van der Waals surface area contributed by atoms with E-state index in [1.165, 1.54) is 44.2 Å². The van der Waals surface area contributed by atoms with Crippen LogP contribution < -0.4 is 10.1 Å². The fraction of sp³-hybridized carbons (Fsp3) is 0.667. The van der Waals surface area contributed by atoms with E-state index in [1.807, 2.05) is 0 Å². The van der Waals surface area contributed by atoms with Crippen LogP contribution in [-0.4, -0.2) is 19.2 Å². The van der Waals surface area contributed by atoms with Gasteiger partial charge in [-0.1, -0.05) is 32.4 Å². The van der Waals surface area contributed by atoms with Crippen LogP contribution in [0.25, 0.3) is 0 Å². The first kappa shape index (κ1) is 15.4. The Balaban J connectivity index is 1.75. The van der Waals surface area contributed by atoms with Crippen molar-refractivity contribution in [3.8, 4) is 5.75 Å². The summed E-state index contributed by atoms with van der Waals surface area (Å²) < 4.78 is 5.62. The van der Waals surface area contributed by atoms with Crippen molar-refractivity contribution in [2.24, 2.45) is 5.92 Å². The Kier molecular flexibility index (Phi) is 6.38. The molecule has 0 bridgehead atoms. The van der Waals surface area contributed by atoms with Gasteiger partial charge in [-0.3, -0.25) is 0 Å². The number of hydrogen-bond donors (Lipinski definition) is 1. The van der Waals surface area contributed by atoms with Crippen LogP contribution in [0, 0.1) is 5.92 Å². The van der Waals surface area contributed by atoms with Crippen molar-refractivity contribution >= 4 is 0 Å². The molecule has 1 aromatic rings. The van der Waals surface area contributed by atoms with Crippen LogP contribution in [-0.2, 0) is 6.42 Å². The molecule has 2 nitrogen and oxygen atoms in total. The molecule has 1 heterocycles. The van der Waals surface area contributed by atoms with Crippen molar-refractivity contribution in [2.75, 3.05) is 13.2 Å². The molecule has 112 valence electrons. The summed E-state index contributed by atoms with van der Waals surface area (Å²) in [5, 5.41) is 3.67. The molecule has 1 N–H and O–H groups in total. The van der Waals surface area contributed by atoms with Crippen molar-refractivity contribution in [1.29, 1.82) is 0 Å². The van der Waals surface area contributed by atoms with Gasteiger partial charge in [-0.05, 0) is 62.3 Å². The lowest BCUT2D eigenvalue weighted by Gasteiger charge is -2.29. The van der Waals surface area contributed by atoms with Crippen LogP contribution in [0.2, 0.25) is 0 Å². The van der Waals surface area contributed by atoms with Crippen LogP contribution in [0.15, 0.2) is 24.3 Å².